The minimum Gasteiger partial charge on any atom is -0.319 e. The molecule has 0 saturated heterocycles. The lowest BCUT2D eigenvalue weighted by molar-refractivity contribution is 0.102. The van der Waals surface area contributed by atoms with Crippen molar-refractivity contribution in [3.05, 3.63) is 77.0 Å². The first kappa shape index (κ1) is 15.3. The van der Waals surface area contributed by atoms with Gasteiger partial charge in [0.15, 0.2) is 5.65 Å². The minimum atomic E-state index is -0.289. The molecular formula is C17H13ClN6O. The van der Waals surface area contributed by atoms with Crippen LogP contribution in [0.1, 0.15) is 21.6 Å². The van der Waals surface area contributed by atoms with E-state index in [9.17, 15) is 4.79 Å². The van der Waals surface area contributed by atoms with Gasteiger partial charge < -0.3 is 5.32 Å². The van der Waals surface area contributed by atoms with Crippen LogP contribution in [-0.2, 0) is 6.42 Å². The molecule has 3 aromatic heterocycles. The van der Waals surface area contributed by atoms with Crippen molar-refractivity contribution in [1.29, 1.82) is 0 Å². The summed E-state index contributed by atoms with van der Waals surface area (Å²) in [5.74, 6) is -0.289. The number of H-pyrrole nitrogens is 1. The first-order valence-electron chi connectivity index (χ1n) is 7.57. The van der Waals surface area contributed by atoms with E-state index in [0.29, 0.717) is 28.3 Å². The van der Waals surface area contributed by atoms with E-state index < -0.39 is 0 Å². The molecule has 124 valence electrons. The summed E-state index contributed by atoms with van der Waals surface area (Å²) in [6.07, 6.45) is 7.01. The van der Waals surface area contributed by atoms with Gasteiger partial charge >= 0.3 is 0 Å². The third-order valence-electron chi connectivity index (χ3n) is 3.76. The van der Waals surface area contributed by atoms with E-state index in [1.807, 2.05) is 24.3 Å². The number of halogens is 1. The highest BCUT2D eigenvalue weighted by Gasteiger charge is 2.16. The molecule has 0 fully saturated rings. The summed E-state index contributed by atoms with van der Waals surface area (Å²) in [5, 5.41) is 14.6. The zero-order valence-electron chi connectivity index (χ0n) is 13.0. The standard InChI is InChI=1S/C17H13ClN6O/c18-12-4-1-3-11(7-12)8-14-15(10-20-23-14)22-17(25)13-9-21-24-6-2-5-19-16(13)24/h1-7,9-10H,8H2,(H,20,23)(H,22,25). The molecule has 1 aromatic carbocycles. The van der Waals surface area contributed by atoms with Gasteiger partial charge in [-0.2, -0.15) is 10.2 Å². The molecule has 0 aliphatic carbocycles. The molecule has 0 unspecified atom stereocenters. The minimum absolute atomic E-state index is 0.289. The molecule has 3 heterocycles. The van der Waals surface area contributed by atoms with Crippen molar-refractivity contribution in [2.45, 2.75) is 6.42 Å². The Morgan fingerprint density at radius 3 is 3.08 bits per heavy atom. The number of amides is 1. The van der Waals surface area contributed by atoms with Gasteiger partial charge in [-0.05, 0) is 23.8 Å². The van der Waals surface area contributed by atoms with Crippen molar-refractivity contribution < 1.29 is 4.79 Å². The Kier molecular flexibility index (Phi) is 3.91. The van der Waals surface area contributed by atoms with Crippen LogP contribution in [0, 0.1) is 0 Å². The fourth-order valence-corrected chi connectivity index (χ4v) is 2.80. The average molecular weight is 353 g/mol. The first-order chi connectivity index (χ1) is 12.2. The van der Waals surface area contributed by atoms with E-state index in [1.165, 1.54) is 6.20 Å². The Morgan fingerprint density at radius 2 is 2.20 bits per heavy atom. The molecule has 4 aromatic rings. The van der Waals surface area contributed by atoms with Crippen LogP contribution in [0.25, 0.3) is 5.65 Å². The lowest BCUT2D eigenvalue weighted by Gasteiger charge is -2.05. The number of nitrogens with zero attached hydrogens (tertiary/aromatic N) is 4. The van der Waals surface area contributed by atoms with Crippen molar-refractivity contribution in [3.8, 4) is 0 Å². The Hall–Kier alpha value is -3.19. The van der Waals surface area contributed by atoms with Crippen molar-refractivity contribution in [2.24, 2.45) is 0 Å². The number of carbonyl (C=O) groups is 1. The molecule has 0 atom stereocenters. The number of hydrogen-bond donors (Lipinski definition) is 2. The van der Waals surface area contributed by atoms with Crippen LogP contribution in [0.3, 0.4) is 0 Å². The number of hydrogen-bond acceptors (Lipinski definition) is 4. The van der Waals surface area contributed by atoms with Crippen LogP contribution in [-0.4, -0.2) is 30.7 Å². The van der Waals surface area contributed by atoms with Crippen LogP contribution in [0.2, 0.25) is 5.02 Å². The van der Waals surface area contributed by atoms with E-state index >= 15 is 0 Å². The molecule has 0 radical (unpaired) electrons. The van der Waals surface area contributed by atoms with E-state index in [4.69, 9.17) is 11.6 Å². The summed E-state index contributed by atoms with van der Waals surface area (Å²) in [5.41, 5.74) is 3.32. The largest absolute Gasteiger partial charge is 0.319 e. The zero-order valence-corrected chi connectivity index (χ0v) is 13.7. The van der Waals surface area contributed by atoms with Crippen LogP contribution < -0.4 is 5.32 Å². The molecule has 0 aliphatic rings. The second-order valence-corrected chi connectivity index (χ2v) is 5.91. The molecule has 2 N–H and O–H groups in total. The van der Waals surface area contributed by atoms with Gasteiger partial charge in [0.2, 0.25) is 0 Å². The number of anilines is 1. The van der Waals surface area contributed by atoms with Crippen LogP contribution in [0.5, 0.6) is 0 Å². The maximum Gasteiger partial charge on any atom is 0.261 e. The van der Waals surface area contributed by atoms with E-state index in [0.717, 1.165) is 11.3 Å². The average Bonchev–Trinajstić information content (AvgIpc) is 3.22. The summed E-state index contributed by atoms with van der Waals surface area (Å²) in [4.78, 5) is 16.8. The lowest BCUT2D eigenvalue weighted by atomic mass is 10.1. The second kappa shape index (κ2) is 6.37. The third-order valence-corrected chi connectivity index (χ3v) is 4.00. The lowest BCUT2D eigenvalue weighted by Crippen LogP contribution is -2.13. The van der Waals surface area contributed by atoms with Gasteiger partial charge in [-0.1, -0.05) is 23.7 Å². The topological polar surface area (TPSA) is 88.0 Å². The van der Waals surface area contributed by atoms with Crippen molar-refractivity contribution in [2.75, 3.05) is 5.32 Å². The summed E-state index contributed by atoms with van der Waals surface area (Å²) in [6.45, 7) is 0. The van der Waals surface area contributed by atoms with E-state index in [1.54, 1.807) is 29.2 Å². The number of rotatable bonds is 4. The highest BCUT2D eigenvalue weighted by molar-refractivity contribution is 6.30. The van der Waals surface area contributed by atoms with Crippen molar-refractivity contribution in [3.63, 3.8) is 0 Å². The van der Waals surface area contributed by atoms with Crippen LogP contribution in [0.15, 0.2) is 55.1 Å². The summed E-state index contributed by atoms with van der Waals surface area (Å²) in [6, 6.07) is 9.30. The predicted octanol–water partition coefficient (Wildman–Crippen LogP) is 2.95. The zero-order chi connectivity index (χ0) is 17.2. The first-order valence-corrected chi connectivity index (χ1v) is 7.95. The Bertz CT molecular complexity index is 1050. The number of nitrogens with one attached hydrogen (secondary N) is 2. The van der Waals surface area contributed by atoms with Gasteiger partial charge in [0.25, 0.3) is 5.91 Å². The monoisotopic (exact) mass is 352 g/mol. The highest BCUT2D eigenvalue weighted by atomic mass is 35.5. The summed E-state index contributed by atoms with van der Waals surface area (Å²) in [7, 11) is 0. The number of benzene rings is 1. The summed E-state index contributed by atoms with van der Waals surface area (Å²) < 4.78 is 1.55. The normalized spacial score (nSPS) is 10.9. The van der Waals surface area contributed by atoms with Gasteiger partial charge in [0.1, 0.15) is 5.56 Å². The maximum atomic E-state index is 12.6. The molecule has 0 saturated carbocycles. The van der Waals surface area contributed by atoms with Crippen molar-refractivity contribution in [1.82, 2.24) is 24.8 Å². The molecule has 4 rings (SSSR count). The molecule has 0 bridgehead atoms. The SMILES string of the molecule is O=C(Nc1cn[nH]c1Cc1cccc(Cl)c1)c1cnn2cccnc12. The molecule has 25 heavy (non-hydrogen) atoms. The van der Waals surface area contributed by atoms with Crippen LogP contribution >= 0.6 is 11.6 Å². The van der Waals surface area contributed by atoms with Crippen molar-refractivity contribution >= 4 is 28.8 Å². The van der Waals surface area contributed by atoms with Gasteiger partial charge in [-0.25, -0.2) is 9.50 Å². The number of fused-ring (bicyclic) bond motifs is 1. The Morgan fingerprint density at radius 1 is 1.28 bits per heavy atom. The molecule has 8 heteroatoms. The molecule has 7 nitrogen and oxygen atoms in total. The molecular weight excluding hydrogens is 340 g/mol. The van der Waals surface area contributed by atoms with E-state index in [-0.39, 0.29) is 5.91 Å². The number of aromatic nitrogens is 5. The fraction of sp³-hybridized carbons (Fsp3) is 0.0588. The Labute approximate surface area is 147 Å². The molecule has 0 spiro atoms. The second-order valence-electron chi connectivity index (χ2n) is 5.47. The highest BCUT2D eigenvalue weighted by Crippen LogP contribution is 2.20. The molecule has 1 amide bonds. The smallest absolute Gasteiger partial charge is 0.261 e. The van der Waals surface area contributed by atoms with E-state index in [2.05, 4.69) is 25.6 Å². The number of carbonyl (C=O) groups excluding carboxylic acids is 1. The number of aromatic amines is 1. The molecule has 0 aliphatic heterocycles. The summed E-state index contributed by atoms with van der Waals surface area (Å²) >= 11 is 6.02. The predicted molar refractivity (Wildman–Crippen MR) is 93.8 cm³/mol. The van der Waals surface area contributed by atoms with Gasteiger partial charge in [-0.15, -0.1) is 0 Å². The van der Waals surface area contributed by atoms with Gasteiger partial charge in [0, 0.05) is 23.8 Å². The Balaban J connectivity index is 1.57. The maximum absolute atomic E-state index is 12.6. The fourth-order valence-electron chi connectivity index (χ4n) is 2.58. The van der Waals surface area contributed by atoms with Gasteiger partial charge in [-0.3, -0.25) is 9.89 Å². The quantitative estimate of drug-likeness (QED) is 0.591. The van der Waals surface area contributed by atoms with Gasteiger partial charge in [0.05, 0.1) is 23.8 Å². The third kappa shape index (κ3) is 3.09. The van der Waals surface area contributed by atoms with Crippen LogP contribution in [0.4, 0.5) is 5.69 Å².